The van der Waals surface area contributed by atoms with Crippen molar-refractivity contribution in [1.29, 1.82) is 0 Å². The molecule has 6 heteroatoms. The van der Waals surface area contributed by atoms with Crippen molar-refractivity contribution in [3.8, 4) is 0 Å². The van der Waals surface area contributed by atoms with Gasteiger partial charge in [0.15, 0.2) is 9.84 Å². The first-order valence-corrected chi connectivity index (χ1v) is 6.88. The molecule has 1 aliphatic heterocycles. The van der Waals surface area contributed by atoms with Crippen LogP contribution in [0, 0.1) is 0 Å². The molecular formula is C10H14N2O3S. The summed E-state index contributed by atoms with van der Waals surface area (Å²) in [6, 6.07) is 1.50. The van der Waals surface area contributed by atoms with Crippen molar-refractivity contribution >= 4 is 9.84 Å². The predicted octanol–water partition coefficient (Wildman–Crippen LogP) is -0.186. The molecular weight excluding hydrogens is 228 g/mol. The number of pyridine rings is 1. The number of hydrogen-bond donors (Lipinski definition) is 2. The summed E-state index contributed by atoms with van der Waals surface area (Å²) in [6.45, 7) is 2.95. The van der Waals surface area contributed by atoms with E-state index < -0.39 is 15.4 Å². The average molecular weight is 242 g/mol. The summed E-state index contributed by atoms with van der Waals surface area (Å²) in [5.41, 5.74) is 1.22. The molecule has 0 spiro atoms. The lowest BCUT2D eigenvalue weighted by Gasteiger charge is -2.17. The topological polar surface area (TPSA) is 79.0 Å². The van der Waals surface area contributed by atoms with Crippen molar-refractivity contribution in [3.05, 3.63) is 27.7 Å². The fourth-order valence-electron chi connectivity index (χ4n) is 1.79. The highest BCUT2D eigenvalue weighted by Gasteiger charge is 2.20. The first kappa shape index (κ1) is 11.3. The minimum atomic E-state index is -3.43. The van der Waals surface area contributed by atoms with Gasteiger partial charge in [-0.3, -0.25) is 4.79 Å². The zero-order valence-corrected chi connectivity index (χ0v) is 9.86. The van der Waals surface area contributed by atoms with Gasteiger partial charge in [0, 0.05) is 25.2 Å². The van der Waals surface area contributed by atoms with Crippen molar-refractivity contribution < 1.29 is 8.42 Å². The molecule has 0 saturated heterocycles. The Morgan fingerprint density at radius 1 is 1.44 bits per heavy atom. The zero-order valence-electron chi connectivity index (χ0n) is 9.04. The second-order valence-electron chi connectivity index (χ2n) is 3.80. The van der Waals surface area contributed by atoms with Crippen LogP contribution in [0.25, 0.3) is 0 Å². The van der Waals surface area contributed by atoms with Crippen LogP contribution in [0.5, 0.6) is 0 Å². The van der Waals surface area contributed by atoms with Gasteiger partial charge in [-0.2, -0.15) is 0 Å². The Hall–Kier alpha value is -1.14. The molecule has 2 rings (SSSR count). The summed E-state index contributed by atoms with van der Waals surface area (Å²) in [6.07, 6.45) is 0.733. The second-order valence-corrected chi connectivity index (χ2v) is 6.04. The highest BCUT2D eigenvalue weighted by atomic mass is 32.2. The molecule has 0 atom stereocenters. The minimum absolute atomic E-state index is 0.0533. The van der Waals surface area contributed by atoms with Crippen LogP contribution in [0.1, 0.15) is 18.2 Å². The SMILES string of the molecule is CCS(=O)(=O)c1cc2c([nH]c1=O)CCNC2. The number of aromatic amines is 1. The molecule has 0 amide bonds. The van der Waals surface area contributed by atoms with E-state index in [0.29, 0.717) is 6.54 Å². The van der Waals surface area contributed by atoms with Gasteiger partial charge in [0.2, 0.25) is 0 Å². The summed E-state index contributed by atoms with van der Waals surface area (Å²) < 4.78 is 23.3. The Kier molecular flexibility index (Phi) is 2.86. The Morgan fingerprint density at radius 3 is 2.88 bits per heavy atom. The van der Waals surface area contributed by atoms with E-state index in [-0.39, 0.29) is 10.6 Å². The van der Waals surface area contributed by atoms with Crippen LogP contribution in [-0.2, 0) is 22.8 Å². The van der Waals surface area contributed by atoms with Gasteiger partial charge in [0.05, 0.1) is 5.75 Å². The van der Waals surface area contributed by atoms with Gasteiger partial charge in [0.1, 0.15) is 4.90 Å². The Bertz CT molecular complexity index is 560. The van der Waals surface area contributed by atoms with Crippen molar-refractivity contribution in [2.45, 2.75) is 24.8 Å². The van der Waals surface area contributed by atoms with Gasteiger partial charge in [0.25, 0.3) is 5.56 Å². The lowest BCUT2D eigenvalue weighted by atomic mass is 10.1. The highest BCUT2D eigenvalue weighted by molar-refractivity contribution is 7.91. The number of nitrogens with one attached hydrogen (secondary N) is 2. The van der Waals surface area contributed by atoms with E-state index in [2.05, 4.69) is 10.3 Å². The van der Waals surface area contributed by atoms with Crippen LogP contribution in [-0.4, -0.2) is 25.7 Å². The highest BCUT2D eigenvalue weighted by Crippen LogP contribution is 2.14. The standard InChI is InChI=1S/C10H14N2O3S/c1-2-16(14,15)9-5-7-6-11-4-3-8(7)12-10(9)13/h5,11H,2-4,6H2,1H3,(H,12,13). The monoisotopic (exact) mass is 242 g/mol. The maximum atomic E-state index is 11.7. The third-order valence-corrected chi connectivity index (χ3v) is 4.50. The quantitative estimate of drug-likeness (QED) is 0.753. The molecule has 2 heterocycles. The molecule has 1 aromatic rings. The normalized spacial score (nSPS) is 15.8. The Morgan fingerprint density at radius 2 is 2.19 bits per heavy atom. The third-order valence-electron chi connectivity index (χ3n) is 2.76. The Labute approximate surface area is 93.8 Å². The molecule has 1 aromatic heterocycles. The first-order valence-electron chi connectivity index (χ1n) is 5.23. The molecule has 0 unspecified atom stereocenters. The summed E-state index contributed by atoms with van der Waals surface area (Å²) in [4.78, 5) is 14.2. The predicted molar refractivity (Wildman–Crippen MR) is 60.2 cm³/mol. The van der Waals surface area contributed by atoms with Crippen LogP contribution in [0.15, 0.2) is 15.8 Å². The fraction of sp³-hybridized carbons (Fsp3) is 0.500. The van der Waals surface area contributed by atoms with Crippen LogP contribution in [0.4, 0.5) is 0 Å². The molecule has 0 saturated carbocycles. The number of hydrogen-bond acceptors (Lipinski definition) is 4. The molecule has 0 aromatic carbocycles. The van der Waals surface area contributed by atoms with Crippen molar-refractivity contribution in [3.63, 3.8) is 0 Å². The van der Waals surface area contributed by atoms with Gasteiger partial charge in [-0.25, -0.2) is 8.42 Å². The van der Waals surface area contributed by atoms with Crippen molar-refractivity contribution in [2.24, 2.45) is 0 Å². The van der Waals surface area contributed by atoms with E-state index in [4.69, 9.17) is 0 Å². The van der Waals surface area contributed by atoms with Gasteiger partial charge in [-0.1, -0.05) is 6.92 Å². The van der Waals surface area contributed by atoms with E-state index in [1.54, 1.807) is 0 Å². The largest absolute Gasteiger partial charge is 0.325 e. The molecule has 16 heavy (non-hydrogen) atoms. The smallest absolute Gasteiger partial charge is 0.266 e. The van der Waals surface area contributed by atoms with Crippen LogP contribution in [0.2, 0.25) is 0 Å². The maximum absolute atomic E-state index is 11.7. The van der Waals surface area contributed by atoms with Crippen molar-refractivity contribution in [1.82, 2.24) is 10.3 Å². The van der Waals surface area contributed by atoms with E-state index in [9.17, 15) is 13.2 Å². The molecule has 0 fully saturated rings. The molecule has 0 aliphatic carbocycles. The van der Waals surface area contributed by atoms with E-state index in [1.807, 2.05) is 0 Å². The average Bonchev–Trinajstić information content (AvgIpc) is 2.28. The molecule has 2 N–H and O–H groups in total. The number of fused-ring (bicyclic) bond motifs is 1. The van der Waals surface area contributed by atoms with E-state index >= 15 is 0 Å². The third kappa shape index (κ3) is 1.90. The van der Waals surface area contributed by atoms with Gasteiger partial charge in [-0.05, 0) is 11.6 Å². The summed E-state index contributed by atoms with van der Waals surface area (Å²) in [5.74, 6) is -0.0533. The first-order chi connectivity index (χ1) is 7.54. The molecule has 0 radical (unpaired) electrons. The number of H-pyrrole nitrogens is 1. The van der Waals surface area contributed by atoms with Crippen LogP contribution < -0.4 is 10.9 Å². The maximum Gasteiger partial charge on any atom is 0.266 e. The molecule has 0 bridgehead atoms. The van der Waals surface area contributed by atoms with Gasteiger partial charge >= 0.3 is 0 Å². The lowest BCUT2D eigenvalue weighted by molar-refractivity contribution is 0.592. The summed E-state index contributed by atoms with van der Waals surface area (Å²) in [5, 5.41) is 3.14. The van der Waals surface area contributed by atoms with E-state index in [1.165, 1.54) is 13.0 Å². The molecule has 88 valence electrons. The second kappa shape index (κ2) is 4.03. The van der Waals surface area contributed by atoms with Crippen molar-refractivity contribution in [2.75, 3.05) is 12.3 Å². The van der Waals surface area contributed by atoms with Gasteiger partial charge < -0.3 is 10.3 Å². The summed E-state index contributed by atoms with van der Waals surface area (Å²) >= 11 is 0. The van der Waals surface area contributed by atoms with Crippen LogP contribution >= 0.6 is 0 Å². The van der Waals surface area contributed by atoms with Gasteiger partial charge in [-0.15, -0.1) is 0 Å². The number of aromatic nitrogens is 1. The summed E-state index contributed by atoms with van der Waals surface area (Å²) in [7, 11) is -3.43. The minimum Gasteiger partial charge on any atom is -0.325 e. The van der Waals surface area contributed by atoms with E-state index in [0.717, 1.165) is 24.2 Å². The lowest BCUT2D eigenvalue weighted by Crippen LogP contribution is -2.29. The number of sulfone groups is 1. The number of rotatable bonds is 2. The molecule has 1 aliphatic rings. The van der Waals surface area contributed by atoms with Crippen LogP contribution in [0.3, 0.4) is 0 Å². The fourth-order valence-corrected chi connectivity index (χ4v) is 2.76. The zero-order chi connectivity index (χ0) is 11.8. The Balaban J connectivity index is 2.61. The molecule has 5 nitrogen and oxygen atoms in total.